The number of carbonyl (C=O) groups excluding carboxylic acids is 2. The fourth-order valence-corrected chi connectivity index (χ4v) is 0.321. The first kappa shape index (κ1) is 7.85. The van der Waals surface area contributed by atoms with E-state index in [0.29, 0.717) is 26.0 Å². The van der Waals surface area contributed by atoms with Crippen LogP contribution in [0.25, 0.3) is 0 Å². The zero-order valence-electron chi connectivity index (χ0n) is 4.87. The van der Waals surface area contributed by atoms with Gasteiger partial charge in [0.05, 0.1) is 13.2 Å². The molecule has 0 rings (SSSR count). The number of nitrogens with zero attached hydrogens (tertiary/aromatic N) is 1. The molecule has 0 aromatic carbocycles. The molecule has 0 saturated heterocycles. The molecule has 0 unspecified atom stereocenters. The summed E-state index contributed by atoms with van der Waals surface area (Å²) in [5.41, 5.74) is 0. The maximum absolute atomic E-state index is 9.51. The van der Waals surface area contributed by atoms with E-state index < -0.39 is 0 Å². The second-order valence-electron chi connectivity index (χ2n) is 1.29. The van der Waals surface area contributed by atoms with Gasteiger partial charge in [0.25, 0.3) is 6.47 Å². The number of hydrogen-bond acceptors (Lipinski definition) is 4. The number of carbonyl (C=O) groups is 1. The van der Waals surface area contributed by atoms with E-state index in [4.69, 9.17) is 0 Å². The van der Waals surface area contributed by atoms with Gasteiger partial charge in [0.15, 0.2) is 0 Å². The summed E-state index contributed by atoms with van der Waals surface area (Å²) in [6.07, 6.45) is 1.95. The highest BCUT2D eigenvalue weighted by Crippen LogP contribution is 1.79. The SMILES string of the molecule is O=C=NCCCOC=O. The Hall–Kier alpha value is -1.15. The van der Waals surface area contributed by atoms with Crippen molar-refractivity contribution in [2.75, 3.05) is 13.2 Å². The van der Waals surface area contributed by atoms with E-state index in [9.17, 15) is 9.59 Å². The topological polar surface area (TPSA) is 55.7 Å². The summed E-state index contributed by atoms with van der Waals surface area (Å²) in [7, 11) is 0. The number of isocyanates is 1. The van der Waals surface area contributed by atoms with Crippen LogP contribution in [0.5, 0.6) is 0 Å². The molecule has 0 amide bonds. The molecule has 0 saturated carbocycles. The Balaban J connectivity index is 2.90. The second-order valence-corrected chi connectivity index (χ2v) is 1.29. The fraction of sp³-hybridized carbons (Fsp3) is 0.600. The molecule has 0 atom stereocenters. The molecule has 0 aromatic heterocycles. The van der Waals surface area contributed by atoms with Crippen LogP contribution in [-0.4, -0.2) is 25.7 Å². The average molecular weight is 129 g/mol. The van der Waals surface area contributed by atoms with E-state index in [0.717, 1.165) is 0 Å². The van der Waals surface area contributed by atoms with Gasteiger partial charge in [-0.2, -0.15) is 0 Å². The average Bonchev–Trinajstić information content (AvgIpc) is 1.89. The maximum atomic E-state index is 9.51. The van der Waals surface area contributed by atoms with E-state index in [2.05, 4.69) is 9.73 Å². The van der Waals surface area contributed by atoms with Gasteiger partial charge in [0.2, 0.25) is 6.08 Å². The van der Waals surface area contributed by atoms with Crippen LogP contribution in [-0.2, 0) is 14.3 Å². The van der Waals surface area contributed by atoms with E-state index in [-0.39, 0.29) is 0 Å². The molecule has 4 heteroatoms. The highest BCUT2D eigenvalue weighted by Gasteiger charge is 1.82. The molecule has 0 heterocycles. The Labute approximate surface area is 52.5 Å². The summed E-state index contributed by atoms with van der Waals surface area (Å²) in [6.45, 7) is 1.05. The largest absolute Gasteiger partial charge is 0.468 e. The third-order valence-electron chi connectivity index (χ3n) is 0.665. The van der Waals surface area contributed by atoms with Gasteiger partial charge in [-0.05, 0) is 0 Å². The van der Waals surface area contributed by atoms with Crippen LogP contribution in [0.4, 0.5) is 0 Å². The van der Waals surface area contributed by atoms with Crippen LogP contribution >= 0.6 is 0 Å². The Morgan fingerprint density at radius 1 is 1.67 bits per heavy atom. The van der Waals surface area contributed by atoms with Crippen LogP contribution in [0.15, 0.2) is 4.99 Å². The molecule has 0 aliphatic heterocycles. The van der Waals surface area contributed by atoms with Crippen molar-refractivity contribution in [2.24, 2.45) is 4.99 Å². The Bertz CT molecular complexity index is 117. The molecular formula is C5H7NO3. The lowest BCUT2D eigenvalue weighted by Gasteiger charge is -1.90. The summed E-state index contributed by atoms with van der Waals surface area (Å²) >= 11 is 0. The lowest BCUT2D eigenvalue weighted by atomic mass is 10.5. The van der Waals surface area contributed by atoms with Crippen molar-refractivity contribution in [3.05, 3.63) is 0 Å². The number of hydrogen-bond donors (Lipinski definition) is 0. The van der Waals surface area contributed by atoms with Crippen LogP contribution in [0.1, 0.15) is 6.42 Å². The van der Waals surface area contributed by atoms with E-state index in [1.165, 1.54) is 6.08 Å². The van der Waals surface area contributed by atoms with E-state index >= 15 is 0 Å². The van der Waals surface area contributed by atoms with Crippen molar-refractivity contribution in [1.82, 2.24) is 0 Å². The van der Waals surface area contributed by atoms with Gasteiger partial charge in [0, 0.05) is 6.42 Å². The number of ether oxygens (including phenoxy) is 1. The first-order chi connectivity index (χ1) is 4.41. The molecular weight excluding hydrogens is 122 g/mol. The predicted octanol–water partition coefficient (Wildman–Crippen LogP) is -0.115. The molecule has 9 heavy (non-hydrogen) atoms. The molecule has 4 nitrogen and oxygen atoms in total. The van der Waals surface area contributed by atoms with Crippen LogP contribution in [0.3, 0.4) is 0 Å². The van der Waals surface area contributed by atoms with Gasteiger partial charge in [-0.3, -0.25) is 4.79 Å². The standard InChI is InChI=1S/C5H7NO3/c7-4-6-2-1-3-9-5-8/h5H,1-3H2. The van der Waals surface area contributed by atoms with Crippen LogP contribution < -0.4 is 0 Å². The lowest BCUT2D eigenvalue weighted by Crippen LogP contribution is -1.92. The van der Waals surface area contributed by atoms with Gasteiger partial charge < -0.3 is 4.74 Å². The summed E-state index contributed by atoms with van der Waals surface area (Å²) in [6, 6.07) is 0. The Morgan fingerprint density at radius 3 is 3.00 bits per heavy atom. The van der Waals surface area contributed by atoms with Crippen molar-refractivity contribution in [3.8, 4) is 0 Å². The zero-order chi connectivity index (χ0) is 6.95. The predicted molar refractivity (Wildman–Crippen MR) is 29.6 cm³/mol. The lowest BCUT2D eigenvalue weighted by molar-refractivity contribution is -0.128. The highest BCUT2D eigenvalue weighted by molar-refractivity contribution is 5.36. The molecule has 0 bridgehead atoms. The third-order valence-corrected chi connectivity index (χ3v) is 0.665. The smallest absolute Gasteiger partial charge is 0.293 e. The summed E-state index contributed by atoms with van der Waals surface area (Å²) < 4.78 is 4.31. The minimum absolute atomic E-state index is 0.314. The van der Waals surface area contributed by atoms with Crippen molar-refractivity contribution >= 4 is 12.6 Å². The monoisotopic (exact) mass is 129 g/mol. The van der Waals surface area contributed by atoms with Crippen molar-refractivity contribution in [3.63, 3.8) is 0 Å². The summed E-state index contributed by atoms with van der Waals surface area (Å²) in [5.74, 6) is 0. The molecule has 0 fully saturated rings. The van der Waals surface area contributed by atoms with Gasteiger partial charge in [-0.1, -0.05) is 0 Å². The molecule has 50 valence electrons. The minimum atomic E-state index is 0.314. The van der Waals surface area contributed by atoms with Crippen LogP contribution in [0, 0.1) is 0 Å². The van der Waals surface area contributed by atoms with Crippen molar-refractivity contribution in [2.45, 2.75) is 6.42 Å². The van der Waals surface area contributed by atoms with Gasteiger partial charge in [-0.15, -0.1) is 0 Å². The van der Waals surface area contributed by atoms with Crippen molar-refractivity contribution < 1.29 is 14.3 Å². The summed E-state index contributed by atoms with van der Waals surface area (Å²) in [5, 5.41) is 0. The Morgan fingerprint density at radius 2 is 2.44 bits per heavy atom. The fourth-order valence-electron chi connectivity index (χ4n) is 0.321. The summed E-state index contributed by atoms with van der Waals surface area (Å²) in [4.78, 5) is 22.2. The minimum Gasteiger partial charge on any atom is -0.468 e. The molecule has 0 spiro atoms. The van der Waals surface area contributed by atoms with E-state index in [1.807, 2.05) is 0 Å². The normalized spacial score (nSPS) is 7.56. The van der Waals surface area contributed by atoms with Gasteiger partial charge >= 0.3 is 0 Å². The first-order valence-corrected chi connectivity index (χ1v) is 2.50. The van der Waals surface area contributed by atoms with Gasteiger partial charge in [-0.25, -0.2) is 9.79 Å². The molecule has 0 aromatic rings. The van der Waals surface area contributed by atoms with Gasteiger partial charge in [0.1, 0.15) is 0 Å². The first-order valence-electron chi connectivity index (χ1n) is 2.50. The second kappa shape index (κ2) is 6.85. The highest BCUT2D eigenvalue weighted by atomic mass is 16.5. The maximum Gasteiger partial charge on any atom is 0.293 e. The molecule has 0 aliphatic rings. The number of aliphatic imine (C=N–C) groups is 1. The molecule has 0 aliphatic carbocycles. The third kappa shape index (κ3) is 6.85. The van der Waals surface area contributed by atoms with Crippen LogP contribution in [0.2, 0.25) is 0 Å². The number of rotatable bonds is 5. The quantitative estimate of drug-likeness (QED) is 0.225. The van der Waals surface area contributed by atoms with E-state index in [1.54, 1.807) is 0 Å². The zero-order valence-corrected chi connectivity index (χ0v) is 4.87. The molecule has 0 N–H and O–H groups in total. The Kier molecular flexibility index (Phi) is 5.97. The molecule has 0 radical (unpaired) electrons. The van der Waals surface area contributed by atoms with Crippen molar-refractivity contribution in [1.29, 1.82) is 0 Å².